The van der Waals surface area contributed by atoms with Gasteiger partial charge in [0, 0.05) is 40.0 Å². The average molecular weight is 500 g/mol. The summed E-state index contributed by atoms with van der Waals surface area (Å²) in [6, 6.07) is 15.4. The molecular weight excluding hydrogens is 450 g/mol. The van der Waals surface area contributed by atoms with Gasteiger partial charge < -0.3 is 20.7 Å². The topological polar surface area (TPSA) is 84.7 Å². The average Bonchev–Trinajstić information content (AvgIpc) is 2.89. The summed E-state index contributed by atoms with van der Waals surface area (Å²) in [7, 11) is 5.06. The lowest BCUT2D eigenvalue weighted by Crippen LogP contribution is -2.27. The number of likely N-dealkylation sites (N-methyl/N-ethyl adjacent to an activating group) is 1. The van der Waals surface area contributed by atoms with Gasteiger partial charge in [-0.3, -0.25) is 9.59 Å². The molecule has 1 heterocycles. The lowest BCUT2D eigenvalue weighted by atomic mass is 9.96. The fourth-order valence-electron chi connectivity index (χ4n) is 3.23. The lowest BCUT2D eigenvalue weighted by Gasteiger charge is -2.16. The van der Waals surface area contributed by atoms with Crippen LogP contribution in [0.1, 0.15) is 58.1 Å². The Morgan fingerprint density at radius 2 is 1.72 bits per heavy atom. The molecule has 6 heteroatoms. The molecule has 0 unspecified atom stereocenters. The zero-order valence-corrected chi connectivity index (χ0v) is 23.8. The van der Waals surface area contributed by atoms with Crippen molar-refractivity contribution in [2.24, 2.45) is 5.73 Å². The number of aryl methyl sites for hydroxylation is 2. The van der Waals surface area contributed by atoms with Crippen LogP contribution >= 0.6 is 0 Å². The molecule has 0 spiro atoms. The summed E-state index contributed by atoms with van der Waals surface area (Å²) in [5.74, 6) is 0.122. The summed E-state index contributed by atoms with van der Waals surface area (Å²) in [6.45, 7) is 12.6. The van der Waals surface area contributed by atoms with E-state index in [0.29, 0.717) is 0 Å². The first-order chi connectivity index (χ1) is 17.4. The Balaban J connectivity index is 0. The number of nitrogens with zero attached hydrogens (tertiary/aromatic N) is 1. The summed E-state index contributed by atoms with van der Waals surface area (Å²) in [6.07, 6.45) is 8.30. The third-order valence-electron chi connectivity index (χ3n) is 5.05. The highest BCUT2D eigenvalue weighted by molar-refractivity contribution is 5.88. The molecule has 0 aliphatic carbocycles. The van der Waals surface area contributed by atoms with Gasteiger partial charge in [0.05, 0.1) is 0 Å². The molecule has 0 fully saturated rings. The standard InChI is InChI=1S/C19H25N.C6H9NO.C2H6O.C2H6.CH3NO/c1-4-6-13-20-19-12-11-17(14-15(19)3)18-10-8-7-9-16(18)5-2;1-7-5-3-2-4-6(7)8;1-3-2;1-2;2-1-3/h7-12,14,20H,4-6,13H2,1-3H3;2,4H,3,5H2,1H3;1-2H3;1-2H3;1H,(H2,2,3). The Kier molecular flexibility index (Phi) is 23.0. The first-order valence-corrected chi connectivity index (χ1v) is 12.8. The minimum atomic E-state index is 0.122. The molecule has 0 aromatic heterocycles. The van der Waals surface area contributed by atoms with Crippen LogP contribution in [0.3, 0.4) is 0 Å². The Labute approximate surface area is 219 Å². The zero-order chi connectivity index (χ0) is 27.8. The normalized spacial score (nSPS) is 11.2. The Bertz CT molecular complexity index is 866. The van der Waals surface area contributed by atoms with E-state index in [0.717, 1.165) is 25.9 Å². The first-order valence-electron chi connectivity index (χ1n) is 12.8. The number of amides is 2. The van der Waals surface area contributed by atoms with E-state index in [9.17, 15) is 4.79 Å². The Hall–Kier alpha value is -3.12. The van der Waals surface area contributed by atoms with Gasteiger partial charge in [-0.1, -0.05) is 70.5 Å². The van der Waals surface area contributed by atoms with E-state index >= 15 is 0 Å². The second-order valence-electron chi connectivity index (χ2n) is 7.82. The van der Waals surface area contributed by atoms with Crippen LogP contribution in [0.15, 0.2) is 54.6 Å². The minimum Gasteiger partial charge on any atom is -0.388 e. The highest BCUT2D eigenvalue weighted by Crippen LogP contribution is 2.27. The smallest absolute Gasteiger partial charge is 0.245 e. The summed E-state index contributed by atoms with van der Waals surface area (Å²) < 4.78 is 4.25. The zero-order valence-electron chi connectivity index (χ0n) is 23.8. The SMILES string of the molecule is CC.CCCCNc1ccc(-c2ccccc2CC)cc1C.CN1CCC=CC1=O.COC.NC=O. The predicted octanol–water partition coefficient (Wildman–Crippen LogP) is 6.23. The highest BCUT2D eigenvalue weighted by atomic mass is 16.4. The molecule has 0 saturated heterocycles. The number of benzene rings is 2. The van der Waals surface area contributed by atoms with Crippen molar-refractivity contribution < 1.29 is 14.3 Å². The van der Waals surface area contributed by atoms with Gasteiger partial charge in [-0.25, -0.2) is 0 Å². The number of hydrogen-bond donors (Lipinski definition) is 2. The van der Waals surface area contributed by atoms with Crippen LogP contribution in [0.2, 0.25) is 0 Å². The van der Waals surface area contributed by atoms with E-state index in [1.54, 1.807) is 25.2 Å². The van der Waals surface area contributed by atoms with Gasteiger partial charge in [-0.05, 0) is 66.6 Å². The number of methoxy groups -OCH3 is 1. The van der Waals surface area contributed by atoms with Crippen LogP contribution in [-0.4, -0.2) is 51.6 Å². The number of carbonyl (C=O) groups is 2. The summed E-state index contributed by atoms with van der Waals surface area (Å²) in [4.78, 5) is 20.9. The van der Waals surface area contributed by atoms with E-state index in [-0.39, 0.29) is 12.3 Å². The monoisotopic (exact) mass is 499 g/mol. The van der Waals surface area contributed by atoms with Crippen molar-refractivity contribution in [1.82, 2.24) is 4.90 Å². The molecule has 2 amide bonds. The molecule has 3 N–H and O–H groups in total. The molecule has 0 atom stereocenters. The Morgan fingerprint density at radius 1 is 1.11 bits per heavy atom. The van der Waals surface area contributed by atoms with Crippen molar-refractivity contribution >= 4 is 18.0 Å². The van der Waals surface area contributed by atoms with E-state index in [4.69, 9.17) is 4.79 Å². The molecule has 0 saturated carbocycles. The second-order valence-corrected chi connectivity index (χ2v) is 7.82. The van der Waals surface area contributed by atoms with Crippen molar-refractivity contribution in [1.29, 1.82) is 0 Å². The van der Waals surface area contributed by atoms with Crippen LogP contribution in [-0.2, 0) is 20.7 Å². The molecule has 2 aromatic carbocycles. The van der Waals surface area contributed by atoms with Crippen LogP contribution < -0.4 is 11.1 Å². The second kappa shape index (κ2) is 23.6. The van der Waals surface area contributed by atoms with Crippen molar-refractivity contribution in [3.05, 3.63) is 65.7 Å². The van der Waals surface area contributed by atoms with Gasteiger partial charge in [0.25, 0.3) is 0 Å². The van der Waals surface area contributed by atoms with Gasteiger partial charge >= 0.3 is 0 Å². The highest BCUT2D eigenvalue weighted by Gasteiger charge is 2.06. The number of ether oxygens (including phenoxy) is 1. The fraction of sp³-hybridized carbons (Fsp3) is 0.467. The van der Waals surface area contributed by atoms with Gasteiger partial charge in [0.2, 0.25) is 12.3 Å². The fourth-order valence-corrected chi connectivity index (χ4v) is 3.23. The van der Waals surface area contributed by atoms with Gasteiger partial charge in [0.15, 0.2) is 0 Å². The third-order valence-corrected chi connectivity index (χ3v) is 5.05. The number of anilines is 1. The maximum atomic E-state index is 10.6. The first kappa shape index (κ1) is 35.0. The lowest BCUT2D eigenvalue weighted by molar-refractivity contribution is -0.125. The molecule has 36 heavy (non-hydrogen) atoms. The van der Waals surface area contributed by atoms with Crippen LogP contribution in [0.25, 0.3) is 11.1 Å². The van der Waals surface area contributed by atoms with Gasteiger partial charge in [0.1, 0.15) is 0 Å². The van der Waals surface area contributed by atoms with E-state index in [2.05, 4.69) is 79.0 Å². The van der Waals surface area contributed by atoms with Crippen LogP contribution in [0.4, 0.5) is 5.69 Å². The molecular formula is C30H49N3O3. The van der Waals surface area contributed by atoms with Crippen molar-refractivity contribution in [3.63, 3.8) is 0 Å². The van der Waals surface area contributed by atoms with E-state index in [1.807, 2.05) is 27.0 Å². The van der Waals surface area contributed by atoms with E-state index < -0.39 is 0 Å². The number of nitrogens with one attached hydrogen (secondary N) is 1. The molecule has 6 nitrogen and oxygen atoms in total. The maximum Gasteiger partial charge on any atom is 0.245 e. The number of rotatable bonds is 6. The summed E-state index contributed by atoms with van der Waals surface area (Å²) in [5, 5.41) is 3.52. The Morgan fingerprint density at radius 3 is 2.19 bits per heavy atom. The maximum absolute atomic E-state index is 10.6. The van der Waals surface area contributed by atoms with Crippen LogP contribution in [0.5, 0.6) is 0 Å². The summed E-state index contributed by atoms with van der Waals surface area (Å²) >= 11 is 0. The molecule has 0 radical (unpaired) electrons. The number of unbranched alkanes of at least 4 members (excludes halogenated alkanes) is 1. The molecule has 202 valence electrons. The number of carbonyl (C=O) groups excluding carboxylic acids is 2. The third kappa shape index (κ3) is 15.0. The molecule has 1 aliphatic heterocycles. The van der Waals surface area contributed by atoms with E-state index in [1.165, 1.54) is 40.8 Å². The van der Waals surface area contributed by atoms with Crippen molar-refractivity contribution in [2.75, 3.05) is 39.7 Å². The van der Waals surface area contributed by atoms with Crippen molar-refractivity contribution in [2.45, 2.75) is 60.3 Å². The number of primary amides is 1. The number of hydrogen-bond acceptors (Lipinski definition) is 4. The van der Waals surface area contributed by atoms with Gasteiger partial charge in [-0.2, -0.15) is 0 Å². The summed E-state index contributed by atoms with van der Waals surface area (Å²) in [5.41, 5.74) is 10.8. The quantitative estimate of drug-likeness (QED) is 0.364. The molecule has 3 rings (SSSR count). The molecule has 1 aliphatic rings. The number of nitrogens with two attached hydrogens (primary N) is 1. The molecule has 2 aromatic rings. The molecule has 0 bridgehead atoms. The van der Waals surface area contributed by atoms with Crippen molar-refractivity contribution in [3.8, 4) is 11.1 Å². The minimum absolute atomic E-state index is 0.122. The van der Waals surface area contributed by atoms with Crippen LogP contribution in [0, 0.1) is 6.92 Å². The predicted molar refractivity (Wildman–Crippen MR) is 155 cm³/mol. The van der Waals surface area contributed by atoms with Gasteiger partial charge in [-0.15, -0.1) is 0 Å². The largest absolute Gasteiger partial charge is 0.388 e.